The number of hydrogen-bond donors (Lipinski definition) is 0. The average molecular weight is 250 g/mol. The highest BCUT2D eigenvalue weighted by molar-refractivity contribution is 4.67. The van der Waals surface area contributed by atoms with Crippen LogP contribution in [0.4, 0.5) is 0 Å². The Kier molecular flexibility index (Phi) is 5.53. The van der Waals surface area contributed by atoms with Crippen molar-refractivity contribution < 1.29 is 21.5 Å². The van der Waals surface area contributed by atoms with Crippen LogP contribution in [0.25, 0.3) is 0 Å². The van der Waals surface area contributed by atoms with Crippen LogP contribution in [0.2, 0.25) is 0 Å². The van der Waals surface area contributed by atoms with Gasteiger partial charge in [-0.05, 0) is 47.0 Å². The molecule has 1 heterocycles. The molecule has 1 aliphatic rings. The lowest BCUT2D eigenvalue weighted by molar-refractivity contribution is -0.972. The Morgan fingerprint density at radius 1 is 1.00 bits per heavy atom. The van der Waals surface area contributed by atoms with Crippen LogP contribution in [0.5, 0.6) is 0 Å². The fourth-order valence-electron chi connectivity index (χ4n) is 3.13. The van der Waals surface area contributed by atoms with Crippen molar-refractivity contribution in [2.45, 2.75) is 59.0 Å². The molecule has 2 atom stereocenters. The molecule has 0 aliphatic carbocycles. The standard InChI is InChI=1S/C11H24N.BrH/c1-5-12(6-2)10(3)8-7-9-11(12)4;/h10-11H,5-9H2,1-4H3;1H/q+1;/p-1. The van der Waals surface area contributed by atoms with Gasteiger partial charge in [0.05, 0.1) is 25.2 Å². The van der Waals surface area contributed by atoms with Gasteiger partial charge in [-0.25, -0.2) is 0 Å². The average Bonchev–Trinajstić information content (AvgIpc) is 2.06. The Hall–Kier alpha value is 0.440. The lowest BCUT2D eigenvalue weighted by Gasteiger charge is -2.50. The fourth-order valence-corrected chi connectivity index (χ4v) is 3.13. The maximum Gasteiger partial charge on any atom is 0.0863 e. The number of rotatable bonds is 2. The first kappa shape index (κ1) is 13.4. The van der Waals surface area contributed by atoms with E-state index >= 15 is 0 Å². The molecule has 0 radical (unpaired) electrons. The monoisotopic (exact) mass is 249 g/mol. The van der Waals surface area contributed by atoms with Gasteiger partial charge in [-0.3, -0.25) is 0 Å². The first-order chi connectivity index (χ1) is 5.67. The van der Waals surface area contributed by atoms with E-state index in [-0.39, 0.29) is 17.0 Å². The molecule has 0 N–H and O–H groups in total. The highest BCUT2D eigenvalue weighted by atomic mass is 79.9. The SMILES string of the molecule is CC[N+]1(CC)C(C)CCCC1C.[Br-]. The molecule has 80 valence electrons. The Balaban J connectivity index is 0.00000144. The molecular weight excluding hydrogens is 226 g/mol. The summed E-state index contributed by atoms with van der Waals surface area (Å²) in [6.07, 6.45) is 4.32. The summed E-state index contributed by atoms with van der Waals surface area (Å²) in [4.78, 5) is 0. The second kappa shape index (κ2) is 5.35. The minimum Gasteiger partial charge on any atom is -1.00 e. The van der Waals surface area contributed by atoms with Crippen LogP contribution < -0.4 is 17.0 Å². The lowest BCUT2D eigenvalue weighted by Crippen LogP contribution is -3.00. The van der Waals surface area contributed by atoms with Crippen LogP contribution in [-0.2, 0) is 0 Å². The van der Waals surface area contributed by atoms with E-state index in [1.54, 1.807) is 0 Å². The highest BCUT2D eigenvalue weighted by Gasteiger charge is 2.38. The van der Waals surface area contributed by atoms with Crippen molar-refractivity contribution >= 4 is 0 Å². The predicted molar refractivity (Wildman–Crippen MR) is 54.1 cm³/mol. The third kappa shape index (κ3) is 2.27. The Bertz CT molecular complexity index is 131. The smallest absolute Gasteiger partial charge is 0.0863 e. The lowest BCUT2D eigenvalue weighted by atomic mass is 9.93. The maximum absolute atomic E-state index is 2.43. The van der Waals surface area contributed by atoms with Gasteiger partial charge < -0.3 is 21.5 Å². The van der Waals surface area contributed by atoms with Crippen LogP contribution in [0.15, 0.2) is 0 Å². The molecule has 1 nitrogen and oxygen atoms in total. The molecule has 0 bridgehead atoms. The van der Waals surface area contributed by atoms with Crippen LogP contribution in [-0.4, -0.2) is 29.7 Å². The summed E-state index contributed by atoms with van der Waals surface area (Å²) in [6.45, 7) is 12.2. The third-order valence-corrected chi connectivity index (χ3v) is 4.18. The van der Waals surface area contributed by atoms with Gasteiger partial charge in [0.25, 0.3) is 0 Å². The Morgan fingerprint density at radius 2 is 1.38 bits per heavy atom. The summed E-state index contributed by atoms with van der Waals surface area (Å²) >= 11 is 0. The molecule has 1 aliphatic heterocycles. The highest BCUT2D eigenvalue weighted by Crippen LogP contribution is 2.30. The van der Waals surface area contributed by atoms with Crippen molar-refractivity contribution in [2.24, 2.45) is 0 Å². The quantitative estimate of drug-likeness (QED) is 0.596. The van der Waals surface area contributed by atoms with Gasteiger partial charge in [-0.1, -0.05) is 0 Å². The largest absolute Gasteiger partial charge is 1.00 e. The normalized spacial score (nSPS) is 32.3. The minimum absolute atomic E-state index is 0. The molecule has 1 rings (SSSR count). The number of piperidine rings is 1. The molecule has 0 aromatic heterocycles. The van der Waals surface area contributed by atoms with E-state index in [0.29, 0.717) is 0 Å². The molecule has 0 amide bonds. The molecule has 0 spiro atoms. The summed E-state index contributed by atoms with van der Waals surface area (Å²) in [5.41, 5.74) is 0. The fraction of sp³-hybridized carbons (Fsp3) is 1.00. The van der Waals surface area contributed by atoms with Crippen molar-refractivity contribution in [3.8, 4) is 0 Å². The molecule has 2 heteroatoms. The predicted octanol–water partition coefficient (Wildman–Crippen LogP) is -0.192. The van der Waals surface area contributed by atoms with E-state index in [2.05, 4.69) is 27.7 Å². The van der Waals surface area contributed by atoms with Gasteiger partial charge in [-0.15, -0.1) is 0 Å². The van der Waals surface area contributed by atoms with Crippen LogP contribution in [0.3, 0.4) is 0 Å². The Labute approximate surface area is 93.9 Å². The molecule has 0 saturated carbocycles. The summed E-state index contributed by atoms with van der Waals surface area (Å²) < 4.78 is 1.36. The molecule has 0 aromatic carbocycles. The Morgan fingerprint density at radius 3 is 1.62 bits per heavy atom. The van der Waals surface area contributed by atoms with Gasteiger partial charge >= 0.3 is 0 Å². The van der Waals surface area contributed by atoms with Gasteiger partial charge in [0, 0.05) is 0 Å². The number of hydrogen-bond acceptors (Lipinski definition) is 0. The van der Waals surface area contributed by atoms with Gasteiger partial charge in [0.1, 0.15) is 0 Å². The third-order valence-electron chi connectivity index (χ3n) is 4.18. The number of likely N-dealkylation sites (tertiary alicyclic amines) is 1. The van der Waals surface area contributed by atoms with E-state index in [1.165, 1.54) is 36.8 Å². The minimum atomic E-state index is 0. The van der Waals surface area contributed by atoms with Crippen molar-refractivity contribution in [3.63, 3.8) is 0 Å². The first-order valence-electron chi connectivity index (χ1n) is 5.53. The van der Waals surface area contributed by atoms with Gasteiger partial charge in [-0.2, -0.15) is 0 Å². The zero-order valence-electron chi connectivity index (χ0n) is 9.52. The van der Waals surface area contributed by atoms with E-state index in [4.69, 9.17) is 0 Å². The number of nitrogens with zero attached hydrogens (tertiary/aromatic N) is 1. The summed E-state index contributed by atoms with van der Waals surface area (Å²) in [5.74, 6) is 0. The van der Waals surface area contributed by atoms with E-state index in [1.807, 2.05) is 0 Å². The zero-order chi connectivity index (χ0) is 9.19. The summed E-state index contributed by atoms with van der Waals surface area (Å²) in [5, 5.41) is 0. The van der Waals surface area contributed by atoms with Crippen LogP contribution >= 0.6 is 0 Å². The molecule has 1 fully saturated rings. The van der Waals surface area contributed by atoms with E-state index in [0.717, 1.165) is 12.1 Å². The second-order valence-corrected chi connectivity index (χ2v) is 4.36. The van der Waals surface area contributed by atoms with Crippen molar-refractivity contribution in [2.75, 3.05) is 13.1 Å². The van der Waals surface area contributed by atoms with E-state index in [9.17, 15) is 0 Å². The number of halogens is 1. The second-order valence-electron chi connectivity index (χ2n) is 4.36. The molecule has 13 heavy (non-hydrogen) atoms. The molecule has 2 unspecified atom stereocenters. The van der Waals surface area contributed by atoms with Crippen molar-refractivity contribution in [1.82, 2.24) is 0 Å². The van der Waals surface area contributed by atoms with Crippen LogP contribution in [0.1, 0.15) is 47.0 Å². The summed E-state index contributed by atoms with van der Waals surface area (Å²) in [7, 11) is 0. The molecular formula is C11H24BrN. The molecule has 1 saturated heterocycles. The molecule has 0 aromatic rings. The maximum atomic E-state index is 2.43. The van der Waals surface area contributed by atoms with Crippen LogP contribution in [0, 0.1) is 0 Å². The summed E-state index contributed by atoms with van der Waals surface area (Å²) in [6, 6.07) is 1.78. The zero-order valence-corrected chi connectivity index (χ0v) is 11.1. The first-order valence-corrected chi connectivity index (χ1v) is 5.53. The van der Waals surface area contributed by atoms with Crippen molar-refractivity contribution in [1.29, 1.82) is 0 Å². The van der Waals surface area contributed by atoms with Crippen molar-refractivity contribution in [3.05, 3.63) is 0 Å². The van der Waals surface area contributed by atoms with Gasteiger partial charge in [0.15, 0.2) is 0 Å². The van der Waals surface area contributed by atoms with E-state index < -0.39 is 0 Å². The van der Waals surface area contributed by atoms with Gasteiger partial charge in [0.2, 0.25) is 0 Å². The number of quaternary nitrogens is 1. The topological polar surface area (TPSA) is 0 Å².